The highest BCUT2D eigenvalue weighted by Gasteiger charge is 2.12. The first-order valence-corrected chi connectivity index (χ1v) is 7.12. The summed E-state index contributed by atoms with van der Waals surface area (Å²) < 4.78 is 0. The van der Waals surface area contributed by atoms with Crippen LogP contribution >= 0.6 is 0 Å². The van der Waals surface area contributed by atoms with Crippen molar-refractivity contribution >= 4 is 5.69 Å². The number of hydrogen-bond acceptors (Lipinski definition) is 2. The molecule has 0 fully saturated rings. The van der Waals surface area contributed by atoms with Crippen molar-refractivity contribution in [3.8, 4) is 0 Å². The topological polar surface area (TPSA) is 23.5 Å². The third-order valence-electron chi connectivity index (χ3n) is 3.65. The van der Waals surface area contributed by atoms with E-state index in [0.717, 1.165) is 17.7 Å². The second kappa shape index (κ2) is 6.58. The van der Waals surface area contributed by atoms with E-state index in [0.29, 0.717) is 6.04 Å². The Kier molecular flexibility index (Phi) is 4.80. The van der Waals surface area contributed by atoms with Gasteiger partial charge in [0.25, 0.3) is 0 Å². The van der Waals surface area contributed by atoms with Crippen molar-refractivity contribution in [1.82, 2.24) is 0 Å². The zero-order chi connectivity index (χ0) is 14.5. The van der Waals surface area contributed by atoms with Crippen LogP contribution in [0.5, 0.6) is 0 Å². The number of aliphatic hydroxyl groups excluding tert-OH is 1. The van der Waals surface area contributed by atoms with Gasteiger partial charge < -0.3 is 10.0 Å². The minimum atomic E-state index is 0.104. The standard InChI is InChI=1S/C18H23NO/c1-14(2)19(12-16-7-5-4-6-8-16)18-10-9-17(13-20)15(3)11-18/h4-11,14,20H,12-13H2,1-3H3. The van der Waals surface area contributed by atoms with Crippen LogP contribution in [0.25, 0.3) is 0 Å². The lowest BCUT2D eigenvalue weighted by molar-refractivity contribution is 0.281. The van der Waals surface area contributed by atoms with E-state index in [9.17, 15) is 5.11 Å². The second-order valence-electron chi connectivity index (χ2n) is 5.48. The minimum Gasteiger partial charge on any atom is -0.392 e. The fraction of sp³-hybridized carbons (Fsp3) is 0.333. The summed E-state index contributed by atoms with van der Waals surface area (Å²) in [6, 6.07) is 17.2. The normalized spacial score (nSPS) is 10.8. The number of rotatable bonds is 5. The monoisotopic (exact) mass is 269 g/mol. The van der Waals surface area contributed by atoms with Gasteiger partial charge in [-0.05, 0) is 49.6 Å². The maximum absolute atomic E-state index is 9.28. The molecule has 0 unspecified atom stereocenters. The minimum absolute atomic E-state index is 0.104. The molecule has 2 nitrogen and oxygen atoms in total. The molecule has 0 aliphatic heterocycles. The molecule has 106 valence electrons. The molecule has 0 aliphatic carbocycles. The molecule has 20 heavy (non-hydrogen) atoms. The van der Waals surface area contributed by atoms with Gasteiger partial charge in [0, 0.05) is 18.3 Å². The fourth-order valence-corrected chi connectivity index (χ4v) is 2.39. The van der Waals surface area contributed by atoms with Crippen LogP contribution in [0.3, 0.4) is 0 Å². The quantitative estimate of drug-likeness (QED) is 0.889. The van der Waals surface area contributed by atoms with Gasteiger partial charge in [0.1, 0.15) is 0 Å². The van der Waals surface area contributed by atoms with Gasteiger partial charge in [-0.2, -0.15) is 0 Å². The van der Waals surface area contributed by atoms with E-state index in [1.807, 2.05) is 12.1 Å². The molecule has 1 N–H and O–H groups in total. The third kappa shape index (κ3) is 3.40. The van der Waals surface area contributed by atoms with Crippen molar-refractivity contribution in [3.05, 3.63) is 65.2 Å². The number of aliphatic hydroxyl groups is 1. The highest BCUT2D eigenvalue weighted by molar-refractivity contribution is 5.51. The highest BCUT2D eigenvalue weighted by atomic mass is 16.3. The van der Waals surface area contributed by atoms with Crippen molar-refractivity contribution in [2.75, 3.05) is 4.90 Å². The predicted octanol–water partition coefficient (Wildman–Crippen LogP) is 3.90. The molecule has 0 aliphatic rings. The van der Waals surface area contributed by atoms with Crippen molar-refractivity contribution < 1.29 is 5.11 Å². The van der Waals surface area contributed by atoms with Crippen LogP contribution in [-0.4, -0.2) is 11.1 Å². The van der Waals surface area contributed by atoms with E-state index >= 15 is 0 Å². The molecular formula is C18H23NO. The SMILES string of the molecule is Cc1cc(N(Cc2ccccc2)C(C)C)ccc1CO. The average Bonchev–Trinajstić information content (AvgIpc) is 2.45. The Morgan fingerprint density at radius 2 is 1.75 bits per heavy atom. The van der Waals surface area contributed by atoms with Crippen molar-refractivity contribution in [3.63, 3.8) is 0 Å². The number of nitrogens with zero attached hydrogens (tertiary/aromatic N) is 1. The first-order chi connectivity index (χ1) is 9.61. The smallest absolute Gasteiger partial charge is 0.0684 e. The predicted molar refractivity (Wildman–Crippen MR) is 84.9 cm³/mol. The van der Waals surface area contributed by atoms with Gasteiger partial charge in [0.2, 0.25) is 0 Å². The first kappa shape index (κ1) is 14.6. The summed E-state index contributed by atoms with van der Waals surface area (Å²) in [6.45, 7) is 7.47. The molecule has 2 aromatic rings. The zero-order valence-corrected chi connectivity index (χ0v) is 12.5. The molecule has 2 rings (SSSR count). The van der Waals surface area contributed by atoms with Gasteiger partial charge in [0.05, 0.1) is 6.61 Å². The first-order valence-electron chi connectivity index (χ1n) is 7.12. The maximum Gasteiger partial charge on any atom is 0.0684 e. The van der Waals surface area contributed by atoms with Gasteiger partial charge in [0.15, 0.2) is 0 Å². The van der Waals surface area contributed by atoms with Crippen LogP contribution in [0.1, 0.15) is 30.5 Å². The van der Waals surface area contributed by atoms with Gasteiger partial charge >= 0.3 is 0 Å². The lowest BCUT2D eigenvalue weighted by atomic mass is 10.1. The number of benzene rings is 2. The Bertz CT molecular complexity index is 549. The summed E-state index contributed by atoms with van der Waals surface area (Å²) in [5.74, 6) is 0. The Hall–Kier alpha value is -1.80. The fourth-order valence-electron chi connectivity index (χ4n) is 2.39. The Morgan fingerprint density at radius 1 is 1.05 bits per heavy atom. The van der Waals surface area contributed by atoms with E-state index in [-0.39, 0.29) is 6.61 Å². The van der Waals surface area contributed by atoms with Gasteiger partial charge in [-0.1, -0.05) is 36.4 Å². The molecule has 2 aromatic carbocycles. The van der Waals surface area contributed by atoms with E-state index in [1.165, 1.54) is 11.3 Å². The molecule has 0 saturated carbocycles. The third-order valence-corrected chi connectivity index (χ3v) is 3.65. The molecule has 0 radical (unpaired) electrons. The van der Waals surface area contributed by atoms with Crippen LogP contribution in [-0.2, 0) is 13.2 Å². The molecule has 0 atom stereocenters. The summed E-state index contributed by atoms with van der Waals surface area (Å²) in [4.78, 5) is 2.38. The van der Waals surface area contributed by atoms with Crippen molar-refractivity contribution in [1.29, 1.82) is 0 Å². The van der Waals surface area contributed by atoms with Crippen LogP contribution < -0.4 is 4.90 Å². The largest absolute Gasteiger partial charge is 0.392 e. The number of aryl methyl sites for hydroxylation is 1. The molecule has 0 bridgehead atoms. The van der Waals surface area contributed by atoms with Gasteiger partial charge in [-0.25, -0.2) is 0 Å². The lowest BCUT2D eigenvalue weighted by Crippen LogP contribution is -2.30. The number of hydrogen-bond donors (Lipinski definition) is 1. The van der Waals surface area contributed by atoms with Crippen LogP contribution in [0, 0.1) is 6.92 Å². The zero-order valence-electron chi connectivity index (χ0n) is 12.5. The van der Waals surface area contributed by atoms with Gasteiger partial charge in [-0.3, -0.25) is 0 Å². The van der Waals surface area contributed by atoms with Crippen molar-refractivity contribution in [2.45, 2.75) is 40.0 Å². The number of anilines is 1. The molecule has 2 heteroatoms. The molecule has 0 heterocycles. The van der Waals surface area contributed by atoms with Crippen LogP contribution in [0.15, 0.2) is 48.5 Å². The molecule has 0 saturated heterocycles. The maximum atomic E-state index is 9.28. The van der Waals surface area contributed by atoms with E-state index in [2.05, 4.69) is 62.1 Å². The summed E-state index contributed by atoms with van der Waals surface area (Å²) in [6.07, 6.45) is 0. The summed E-state index contributed by atoms with van der Waals surface area (Å²) in [5, 5.41) is 9.28. The molecule has 0 spiro atoms. The van der Waals surface area contributed by atoms with E-state index < -0.39 is 0 Å². The van der Waals surface area contributed by atoms with Crippen molar-refractivity contribution in [2.24, 2.45) is 0 Å². The van der Waals surface area contributed by atoms with E-state index in [4.69, 9.17) is 0 Å². The summed E-state index contributed by atoms with van der Waals surface area (Å²) in [5.41, 5.74) is 4.66. The summed E-state index contributed by atoms with van der Waals surface area (Å²) in [7, 11) is 0. The van der Waals surface area contributed by atoms with Gasteiger partial charge in [-0.15, -0.1) is 0 Å². The Balaban J connectivity index is 2.27. The Labute approximate surface area is 121 Å². The Morgan fingerprint density at radius 3 is 2.30 bits per heavy atom. The second-order valence-corrected chi connectivity index (χ2v) is 5.48. The molecule has 0 aromatic heterocycles. The van der Waals surface area contributed by atoms with E-state index in [1.54, 1.807) is 0 Å². The molecular weight excluding hydrogens is 246 g/mol. The van der Waals surface area contributed by atoms with Crippen LogP contribution in [0.4, 0.5) is 5.69 Å². The highest BCUT2D eigenvalue weighted by Crippen LogP contribution is 2.23. The summed E-state index contributed by atoms with van der Waals surface area (Å²) >= 11 is 0. The van der Waals surface area contributed by atoms with Crippen LogP contribution in [0.2, 0.25) is 0 Å². The average molecular weight is 269 g/mol. The lowest BCUT2D eigenvalue weighted by Gasteiger charge is -2.30. The molecule has 0 amide bonds.